The Kier molecular flexibility index (Phi) is 8.29. The summed E-state index contributed by atoms with van der Waals surface area (Å²) in [5.41, 5.74) is 20.6. The first kappa shape index (κ1) is 37.4. The van der Waals surface area contributed by atoms with Crippen molar-refractivity contribution in [2.24, 2.45) is 0 Å². The van der Waals surface area contributed by atoms with Gasteiger partial charge in [0, 0.05) is 33.1 Å². The summed E-state index contributed by atoms with van der Waals surface area (Å²) < 4.78 is 6.41. The molecule has 13 rings (SSSR count). The minimum atomic E-state index is -0.511. The smallest absolute Gasteiger partial charge is 0.135 e. The molecule has 2 heteroatoms. The number of rotatable bonds is 7. The summed E-state index contributed by atoms with van der Waals surface area (Å²) in [6, 6.07) is 89.3. The second-order valence-electron chi connectivity index (χ2n) is 17.7. The summed E-state index contributed by atoms with van der Waals surface area (Å²) in [5.74, 6) is 0. The van der Waals surface area contributed by atoms with Crippen LogP contribution in [0.15, 0.2) is 247 Å². The van der Waals surface area contributed by atoms with E-state index in [1.165, 1.54) is 61.2 Å². The first-order valence-electron chi connectivity index (χ1n) is 22.6. The highest BCUT2D eigenvalue weighted by Gasteiger charge is 2.46. The normalized spacial score (nSPS) is 15.3. The highest BCUT2D eigenvalue weighted by Crippen LogP contribution is 2.58. The van der Waals surface area contributed by atoms with Crippen LogP contribution in [-0.4, -0.2) is 0 Å². The van der Waals surface area contributed by atoms with Crippen LogP contribution in [-0.2, 0) is 10.8 Å². The molecule has 0 saturated carbocycles. The fourth-order valence-electron chi connectivity index (χ4n) is 11.5. The first-order valence-corrected chi connectivity index (χ1v) is 22.6. The summed E-state index contributed by atoms with van der Waals surface area (Å²) in [6.45, 7) is 2.40. The van der Waals surface area contributed by atoms with Gasteiger partial charge >= 0.3 is 0 Å². The van der Waals surface area contributed by atoms with Crippen LogP contribution in [0.1, 0.15) is 45.9 Å². The fraction of sp³-hybridized carbons (Fsp3) is 0.0476. The van der Waals surface area contributed by atoms with Gasteiger partial charge in [0.15, 0.2) is 0 Å². The number of fused-ring (bicyclic) bond motifs is 9. The van der Waals surface area contributed by atoms with Crippen LogP contribution in [0, 0.1) is 0 Å². The monoisotopic (exact) mass is 829 g/mol. The molecule has 11 aromatic rings. The molecule has 2 aliphatic carbocycles. The van der Waals surface area contributed by atoms with Gasteiger partial charge in [-0.05, 0) is 122 Å². The van der Waals surface area contributed by atoms with E-state index in [0.717, 1.165) is 50.1 Å². The Bertz CT molecular complexity index is 3580. The summed E-state index contributed by atoms with van der Waals surface area (Å²) in [6.07, 6.45) is 0. The molecule has 65 heavy (non-hydrogen) atoms. The van der Waals surface area contributed by atoms with E-state index in [1.807, 2.05) is 6.07 Å². The van der Waals surface area contributed by atoms with E-state index in [2.05, 4.69) is 248 Å². The van der Waals surface area contributed by atoms with Gasteiger partial charge < -0.3 is 9.32 Å². The third-order valence-corrected chi connectivity index (χ3v) is 14.4. The number of anilines is 3. The molecule has 1 heterocycles. The van der Waals surface area contributed by atoms with Crippen LogP contribution < -0.4 is 4.90 Å². The van der Waals surface area contributed by atoms with E-state index >= 15 is 0 Å². The Balaban J connectivity index is 1.06. The predicted octanol–water partition coefficient (Wildman–Crippen LogP) is 16.4. The molecule has 0 aliphatic heterocycles. The summed E-state index contributed by atoms with van der Waals surface area (Å²) in [7, 11) is 0. The van der Waals surface area contributed by atoms with Gasteiger partial charge in [0.2, 0.25) is 0 Å². The van der Waals surface area contributed by atoms with Crippen molar-refractivity contribution in [1.82, 2.24) is 0 Å². The molecule has 0 spiro atoms. The van der Waals surface area contributed by atoms with E-state index in [0.29, 0.717) is 0 Å². The van der Waals surface area contributed by atoms with Crippen molar-refractivity contribution in [2.75, 3.05) is 4.90 Å². The lowest BCUT2D eigenvalue weighted by Gasteiger charge is -2.34. The molecule has 0 radical (unpaired) electrons. The number of furan rings is 1. The quantitative estimate of drug-likeness (QED) is 0.159. The summed E-state index contributed by atoms with van der Waals surface area (Å²) in [4.78, 5) is 2.47. The zero-order valence-corrected chi connectivity index (χ0v) is 35.9. The van der Waals surface area contributed by atoms with Crippen molar-refractivity contribution in [3.8, 4) is 33.4 Å². The van der Waals surface area contributed by atoms with Gasteiger partial charge in [0.25, 0.3) is 0 Å². The van der Waals surface area contributed by atoms with Crippen molar-refractivity contribution >= 4 is 39.0 Å². The van der Waals surface area contributed by atoms with Crippen LogP contribution in [0.3, 0.4) is 0 Å². The molecule has 1 atom stereocenters. The minimum absolute atomic E-state index is 0.355. The molecular weight excluding hydrogens is 787 g/mol. The fourth-order valence-corrected chi connectivity index (χ4v) is 11.5. The Labute approximate surface area is 379 Å². The van der Waals surface area contributed by atoms with Gasteiger partial charge in [0.05, 0.1) is 11.1 Å². The van der Waals surface area contributed by atoms with E-state index in [4.69, 9.17) is 4.42 Å². The zero-order chi connectivity index (χ0) is 43.1. The second kappa shape index (κ2) is 14.4. The lowest BCUT2D eigenvalue weighted by molar-refractivity contribution is 0.669. The topological polar surface area (TPSA) is 16.4 Å². The van der Waals surface area contributed by atoms with E-state index < -0.39 is 5.41 Å². The van der Waals surface area contributed by atoms with Crippen molar-refractivity contribution in [2.45, 2.75) is 17.8 Å². The Morgan fingerprint density at radius 2 is 0.846 bits per heavy atom. The molecule has 2 aliphatic rings. The van der Waals surface area contributed by atoms with E-state index in [1.54, 1.807) is 0 Å². The van der Waals surface area contributed by atoms with Gasteiger partial charge in [0.1, 0.15) is 11.2 Å². The Hall–Kier alpha value is -8.20. The Morgan fingerprint density at radius 1 is 0.338 bits per heavy atom. The molecular formula is C63H43NO. The van der Waals surface area contributed by atoms with E-state index in [9.17, 15) is 0 Å². The van der Waals surface area contributed by atoms with Gasteiger partial charge in [-0.3, -0.25) is 0 Å². The minimum Gasteiger partial charge on any atom is -0.456 e. The van der Waals surface area contributed by atoms with Gasteiger partial charge in [-0.2, -0.15) is 0 Å². The molecule has 0 fully saturated rings. The van der Waals surface area contributed by atoms with Crippen molar-refractivity contribution in [1.29, 1.82) is 0 Å². The highest BCUT2D eigenvalue weighted by molar-refractivity contribution is 6.07. The number of hydrogen-bond acceptors (Lipinski definition) is 2. The molecule has 2 nitrogen and oxygen atoms in total. The molecule has 306 valence electrons. The highest BCUT2D eigenvalue weighted by atomic mass is 16.3. The molecule has 1 aromatic heterocycles. The van der Waals surface area contributed by atoms with Crippen molar-refractivity contribution in [3.05, 3.63) is 282 Å². The predicted molar refractivity (Wildman–Crippen MR) is 269 cm³/mol. The van der Waals surface area contributed by atoms with Gasteiger partial charge in [-0.25, -0.2) is 0 Å². The average Bonchev–Trinajstić information content (AvgIpc) is 3.99. The SMILES string of the molecule is CC1(c2ccccc2)c2ccccc2-c2ccc(N(c3ccc4oc5ccccc5c4c3)c3ccccc3-c3ccc4c(c3)C(c3ccccc3)(c3ccccc3)c3ccccc3-4)cc21. The van der Waals surface area contributed by atoms with Gasteiger partial charge in [-0.15, -0.1) is 0 Å². The first-order chi connectivity index (χ1) is 32.1. The summed E-state index contributed by atoms with van der Waals surface area (Å²) >= 11 is 0. The number of hydrogen-bond donors (Lipinski definition) is 0. The number of benzene rings is 10. The van der Waals surface area contributed by atoms with Crippen LogP contribution in [0.25, 0.3) is 55.3 Å². The van der Waals surface area contributed by atoms with Gasteiger partial charge in [-0.1, -0.05) is 194 Å². The Morgan fingerprint density at radius 3 is 1.58 bits per heavy atom. The van der Waals surface area contributed by atoms with Crippen LogP contribution >= 0.6 is 0 Å². The molecule has 10 aromatic carbocycles. The van der Waals surface area contributed by atoms with Crippen LogP contribution in [0.5, 0.6) is 0 Å². The van der Waals surface area contributed by atoms with Crippen molar-refractivity contribution < 1.29 is 4.42 Å². The second-order valence-corrected chi connectivity index (χ2v) is 17.7. The van der Waals surface area contributed by atoms with Crippen molar-refractivity contribution in [3.63, 3.8) is 0 Å². The largest absolute Gasteiger partial charge is 0.456 e. The maximum Gasteiger partial charge on any atom is 0.135 e. The molecule has 0 saturated heterocycles. The molecule has 0 amide bonds. The third-order valence-electron chi connectivity index (χ3n) is 14.4. The van der Waals surface area contributed by atoms with Crippen LogP contribution in [0.2, 0.25) is 0 Å². The molecule has 1 unspecified atom stereocenters. The van der Waals surface area contributed by atoms with Crippen LogP contribution in [0.4, 0.5) is 17.1 Å². The average molecular weight is 830 g/mol. The standard InChI is InChI=1S/C63H43NO/c1-62(43-19-5-2-6-20-43)55-29-15-11-26-49(55)51-37-34-47(41-57(51)62)64(46-35-38-61-54(40-46)53-28-14-18-32-60(53)65-61)59-31-17-13-25-48(59)42-33-36-52-50-27-12-16-30-56(50)63(58(52)39-42,44-21-7-3-8-22-44)45-23-9-4-10-24-45/h2-41H,1H3. The maximum absolute atomic E-state index is 6.41. The number of nitrogens with zero attached hydrogens (tertiary/aromatic N) is 1. The third kappa shape index (κ3) is 5.41. The van der Waals surface area contributed by atoms with E-state index in [-0.39, 0.29) is 5.41 Å². The zero-order valence-electron chi connectivity index (χ0n) is 35.9. The maximum atomic E-state index is 6.41. The summed E-state index contributed by atoms with van der Waals surface area (Å²) in [5, 5.41) is 2.20. The lowest BCUT2D eigenvalue weighted by Crippen LogP contribution is -2.28. The molecule has 0 bridgehead atoms. The molecule has 0 N–H and O–H groups in total. The number of para-hydroxylation sites is 2. The lowest BCUT2D eigenvalue weighted by atomic mass is 9.67.